The van der Waals surface area contributed by atoms with E-state index in [2.05, 4.69) is 77.0 Å². The van der Waals surface area contributed by atoms with E-state index in [-0.39, 0.29) is 6.04 Å². The Hall–Kier alpha value is -2.53. The quantitative estimate of drug-likeness (QED) is 0.609. The number of fused-ring (bicyclic) bond motifs is 1. The van der Waals surface area contributed by atoms with Gasteiger partial charge in [-0.05, 0) is 25.6 Å². The lowest BCUT2D eigenvalue weighted by molar-refractivity contribution is 0.247. The van der Waals surface area contributed by atoms with Crippen LogP contribution in [0.2, 0.25) is 0 Å². The number of nitrogens with zero attached hydrogens (tertiary/aromatic N) is 2. The summed E-state index contributed by atoms with van der Waals surface area (Å²) in [7, 11) is 3.98. The van der Waals surface area contributed by atoms with Crippen LogP contribution in [0, 0.1) is 0 Å². The molecule has 1 aliphatic heterocycles. The van der Waals surface area contributed by atoms with Crippen molar-refractivity contribution in [2.75, 3.05) is 27.2 Å². The number of ether oxygens (including phenoxy) is 1. The SMILES string of the molecule is CN=C(NCC(C)N(C)Cc1ccccc1)NC1CCOc2ccccc21. The third-order valence-corrected chi connectivity index (χ3v) is 5.09. The third kappa shape index (κ3) is 5.23. The molecule has 27 heavy (non-hydrogen) atoms. The molecule has 0 saturated heterocycles. The molecule has 0 saturated carbocycles. The predicted molar refractivity (Wildman–Crippen MR) is 111 cm³/mol. The second-order valence-corrected chi connectivity index (χ2v) is 7.07. The Labute approximate surface area is 162 Å². The number of hydrogen-bond acceptors (Lipinski definition) is 3. The molecule has 0 radical (unpaired) electrons. The molecule has 1 heterocycles. The zero-order valence-electron chi connectivity index (χ0n) is 16.5. The van der Waals surface area contributed by atoms with E-state index in [0.717, 1.165) is 37.8 Å². The summed E-state index contributed by atoms with van der Waals surface area (Å²) < 4.78 is 5.75. The normalized spacial score (nSPS) is 17.8. The Kier molecular flexibility index (Phi) is 6.71. The van der Waals surface area contributed by atoms with E-state index in [4.69, 9.17) is 4.74 Å². The van der Waals surface area contributed by atoms with Crippen LogP contribution in [0.4, 0.5) is 0 Å². The van der Waals surface area contributed by atoms with Crippen LogP contribution in [0.5, 0.6) is 5.75 Å². The Morgan fingerprint density at radius 3 is 2.70 bits per heavy atom. The number of hydrogen-bond donors (Lipinski definition) is 2. The summed E-state index contributed by atoms with van der Waals surface area (Å²) in [4.78, 5) is 6.75. The molecule has 0 bridgehead atoms. The molecule has 5 nitrogen and oxygen atoms in total. The highest BCUT2D eigenvalue weighted by atomic mass is 16.5. The first-order valence-electron chi connectivity index (χ1n) is 9.60. The first-order valence-corrected chi connectivity index (χ1v) is 9.60. The Morgan fingerprint density at radius 1 is 1.19 bits per heavy atom. The summed E-state index contributed by atoms with van der Waals surface area (Å²) >= 11 is 0. The van der Waals surface area contributed by atoms with Crippen LogP contribution in [-0.2, 0) is 6.54 Å². The van der Waals surface area contributed by atoms with Crippen LogP contribution in [0.3, 0.4) is 0 Å². The number of para-hydroxylation sites is 1. The molecule has 2 aromatic carbocycles. The van der Waals surface area contributed by atoms with Crippen molar-refractivity contribution in [3.05, 3.63) is 65.7 Å². The monoisotopic (exact) mass is 366 g/mol. The van der Waals surface area contributed by atoms with Gasteiger partial charge in [0.2, 0.25) is 0 Å². The maximum atomic E-state index is 5.75. The second kappa shape index (κ2) is 9.42. The van der Waals surface area contributed by atoms with Gasteiger partial charge in [-0.1, -0.05) is 48.5 Å². The minimum atomic E-state index is 0.221. The highest BCUT2D eigenvalue weighted by molar-refractivity contribution is 5.80. The van der Waals surface area contributed by atoms with Gasteiger partial charge in [0.05, 0.1) is 12.6 Å². The van der Waals surface area contributed by atoms with E-state index >= 15 is 0 Å². The lowest BCUT2D eigenvalue weighted by Crippen LogP contribution is -2.46. The fourth-order valence-corrected chi connectivity index (χ4v) is 3.28. The van der Waals surface area contributed by atoms with E-state index in [1.54, 1.807) is 0 Å². The fraction of sp³-hybridized carbons (Fsp3) is 0.409. The number of likely N-dealkylation sites (N-methyl/N-ethyl adjacent to an activating group) is 1. The molecule has 1 aliphatic rings. The number of aliphatic imine (C=N–C) groups is 1. The van der Waals surface area contributed by atoms with Gasteiger partial charge in [-0.15, -0.1) is 0 Å². The van der Waals surface area contributed by atoms with E-state index in [1.807, 2.05) is 19.2 Å². The van der Waals surface area contributed by atoms with Crippen LogP contribution in [0.25, 0.3) is 0 Å². The Bertz CT molecular complexity index is 747. The lowest BCUT2D eigenvalue weighted by Gasteiger charge is -2.29. The molecule has 2 N–H and O–H groups in total. The standard InChI is InChI=1S/C22H30N4O/c1-17(26(3)16-18-9-5-4-6-10-18)15-24-22(23-2)25-20-13-14-27-21-12-8-7-11-19(20)21/h4-12,17,20H,13-16H2,1-3H3,(H2,23,24,25). The molecule has 0 fully saturated rings. The number of benzene rings is 2. The number of rotatable bonds is 6. The third-order valence-electron chi connectivity index (χ3n) is 5.09. The van der Waals surface area contributed by atoms with Crippen molar-refractivity contribution >= 4 is 5.96 Å². The average molecular weight is 367 g/mol. The first-order chi connectivity index (χ1) is 13.2. The minimum absolute atomic E-state index is 0.221. The van der Waals surface area contributed by atoms with Gasteiger partial charge < -0.3 is 15.4 Å². The summed E-state index contributed by atoms with van der Waals surface area (Å²) in [6, 6.07) is 19.4. The molecule has 0 aliphatic carbocycles. The van der Waals surface area contributed by atoms with Gasteiger partial charge in [-0.3, -0.25) is 9.89 Å². The van der Waals surface area contributed by atoms with Gasteiger partial charge in [0.1, 0.15) is 5.75 Å². The molecule has 0 spiro atoms. The molecule has 2 aromatic rings. The summed E-state index contributed by atoms with van der Waals surface area (Å²) in [6.45, 7) is 4.71. The van der Waals surface area contributed by atoms with Crippen molar-refractivity contribution in [2.45, 2.75) is 32.0 Å². The van der Waals surface area contributed by atoms with Crippen molar-refractivity contribution in [1.82, 2.24) is 15.5 Å². The fourth-order valence-electron chi connectivity index (χ4n) is 3.28. The Morgan fingerprint density at radius 2 is 1.93 bits per heavy atom. The number of nitrogens with one attached hydrogen (secondary N) is 2. The van der Waals surface area contributed by atoms with E-state index in [0.29, 0.717) is 6.04 Å². The van der Waals surface area contributed by atoms with Gasteiger partial charge in [0.25, 0.3) is 0 Å². The van der Waals surface area contributed by atoms with E-state index < -0.39 is 0 Å². The highest BCUT2D eigenvalue weighted by Crippen LogP contribution is 2.31. The van der Waals surface area contributed by atoms with Crippen LogP contribution in [0.1, 0.15) is 30.5 Å². The molecule has 144 valence electrons. The molecular weight excluding hydrogens is 336 g/mol. The maximum Gasteiger partial charge on any atom is 0.191 e. The largest absolute Gasteiger partial charge is 0.493 e. The molecule has 2 atom stereocenters. The van der Waals surface area contributed by atoms with Gasteiger partial charge in [0.15, 0.2) is 5.96 Å². The van der Waals surface area contributed by atoms with Crippen LogP contribution in [-0.4, -0.2) is 44.1 Å². The topological polar surface area (TPSA) is 48.9 Å². The smallest absolute Gasteiger partial charge is 0.191 e. The first kappa shape index (κ1) is 19.2. The minimum Gasteiger partial charge on any atom is -0.493 e. The maximum absolute atomic E-state index is 5.75. The molecule has 0 aromatic heterocycles. The lowest BCUT2D eigenvalue weighted by atomic mass is 10.0. The van der Waals surface area contributed by atoms with Gasteiger partial charge in [0, 0.05) is 38.2 Å². The highest BCUT2D eigenvalue weighted by Gasteiger charge is 2.22. The van der Waals surface area contributed by atoms with Crippen molar-refractivity contribution in [3.8, 4) is 5.75 Å². The van der Waals surface area contributed by atoms with Crippen molar-refractivity contribution in [1.29, 1.82) is 0 Å². The zero-order valence-corrected chi connectivity index (χ0v) is 16.5. The van der Waals surface area contributed by atoms with Crippen LogP contribution >= 0.6 is 0 Å². The summed E-state index contributed by atoms with van der Waals surface area (Å²) in [6.07, 6.45) is 0.932. The van der Waals surface area contributed by atoms with Gasteiger partial charge in [-0.2, -0.15) is 0 Å². The second-order valence-electron chi connectivity index (χ2n) is 7.07. The molecular formula is C22H30N4O. The van der Waals surface area contributed by atoms with E-state index in [9.17, 15) is 0 Å². The summed E-state index contributed by atoms with van der Waals surface area (Å²) in [5.41, 5.74) is 2.52. The Balaban J connectivity index is 1.52. The molecule has 3 rings (SSSR count). The molecule has 2 unspecified atom stereocenters. The van der Waals surface area contributed by atoms with Gasteiger partial charge in [-0.25, -0.2) is 0 Å². The molecule has 0 amide bonds. The van der Waals surface area contributed by atoms with Crippen molar-refractivity contribution < 1.29 is 4.74 Å². The van der Waals surface area contributed by atoms with Crippen LogP contribution in [0.15, 0.2) is 59.6 Å². The predicted octanol–water partition coefficient (Wildman–Crippen LogP) is 3.20. The average Bonchev–Trinajstić information content (AvgIpc) is 2.71. The van der Waals surface area contributed by atoms with Gasteiger partial charge >= 0.3 is 0 Å². The summed E-state index contributed by atoms with van der Waals surface area (Å²) in [5.74, 6) is 1.80. The number of guanidine groups is 1. The zero-order chi connectivity index (χ0) is 19.1. The van der Waals surface area contributed by atoms with Crippen molar-refractivity contribution in [3.63, 3.8) is 0 Å². The van der Waals surface area contributed by atoms with Crippen molar-refractivity contribution in [2.24, 2.45) is 4.99 Å². The van der Waals surface area contributed by atoms with Crippen LogP contribution < -0.4 is 15.4 Å². The van der Waals surface area contributed by atoms with E-state index in [1.165, 1.54) is 11.1 Å². The molecule has 5 heteroatoms. The summed E-state index contributed by atoms with van der Waals surface area (Å²) in [5, 5.41) is 7.02.